The standard InChI is InChI=1S/C14H15NO5/c1-9-12(16)7-13(17)15(9)14(18)20-8-10-3-5-11(19-2)6-4-10/h3-6,9H,7-8H2,1-2H3/t9-/m0/s1. The van der Waals surface area contributed by atoms with Crippen LogP contribution in [-0.2, 0) is 20.9 Å². The number of nitrogens with zero attached hydrogens (tertiary/aromatic N) is 1. The first-order valence-corrected chi connectivity index (χ1v) is 6.17. The summed E-state index contributed by atoms with van der Waals surface area (Å²) in [4.78, 5) is 35.6. The molecule has 1 aromatic carbocycles. The number of imide groups is 1. The molecule has 0 N–H and O–H groups in total. The molecule has 1 aliphatic rings. The van der Waals surface area contributed by atoms with E-state index in [0.717, 1.165) is 10.5 Å². The van der Waals surface area contributed by atoms with Crippen LogP contribution >= 0.6 is 0 Å². The van der Waals surface area contributed by atoms with E-state index in [1.807, 2.05) is 0 Å². The van der Waals surface area contributed by atoms with Gasteiger partial charge in [0.05, 0.1) is 19.6 Å². The Balaban J connectivity index is 1.94. The zero-order valence-electron chi connectivity index (χ0n) is 11.3. The molecule has 0 bridgehead atoms. The van der Waals surface area contributed by atoms with Crippen molar-refractivity contribution in [3.05, 3.63) is 29.8 Å². The highest BCUT2D eigenvalue weighted by Gasteiger charge is 2.40. The molecule has 0 saturated carbocycles. The zero-order chi connectivity index (χ0) is 14.7. The van der Waals surface area contributed by atoms with E-state index in [4.69, 9.17) is 9.47 Å². The maximum Gasteiger partial charge on any atom is 0.417 e. The van der Waals surface area contributed by atoms with Gasteiger partial charge >= 0.3 is 6.09 Å². The number of Topliss-reactive ketones (excluding diaryl/α,β-unsaturated/α-hetero) is 1. The molecule has 106 valence electrons. The van der Waals surface area contributed by atoms with Crippen LogP contribution in [0.25, 0.3) is 0 Å². The Labute approximate surface area is 116 Å². The number of carbonyl (C=O) groups is 3. The Morgan fingerprint density at radius 3 is 2.45 bits per heavy atom. The Morgan fingerprint density at radius 1 is 1.30 bits per heavy atom. The molecule has 1 aliphatic heterocycles. The summed E-state index contributed by atoms with van der Waals surface area (Å²) < 4.78 is 10.1. The number of carbonyl (C=O) groups excluding carboxylic acids is 3. The van der Waals surface area contributed by atoms with Crippen LogP contribution < -0.4 is 4.74 Å². The number of rotatable bonds is 3. The van der Waals surface area contributed by atoms with E-state index in [1.54, 1.807) is 31.4 Å². The Bertz CT molecular complexity index is 537. The highest BCUT2D eigenvalue weighted by atomic mass is 16.6. The minimum absolute atomic E-state index is 0.0352. The second-order valence-electron chi connectivity index (χ2n) is 4.49. The fourth-order valence-corrected chi connectivity index (χ4v) is 1.94. The molecule has 6 nitrogen and oxygen atoms in total. The molecular weight excluding hydrogens is 262 g/mol. The van der Waals surface area contributed by atoms with E-state index in [2.05, 4.69) is 0 Å². The van der Waals surface area contributed by atoms with Crippen molar-refractivity contribution in [2.75, 3.05) is 7.11 Å². The Kier molecular flexibility index (Phi) is 4.02. The lowest BCUT2D eigenvalue weighted by atomic mass is 10.2. The molecule has 20 heavy (non-hydrogen) atoms. The second kappa shape index (κ2) is 5.73. The molecule has 6 heteroatoms. The minimum Gasteiger partial charge on any atom is -0.497 e. The van der Waals surface area contributed by atoms with Gasteiger partial charge in [-0.1, -0.05) is 12.1 Å². The van der Waals surface area contributed by atoms with Gasteiger partial charge in [0.1, 0.15) is 12.4 Å². The maximum atomic E-state index is 11.8. The van der Waals surface area contributed by atoms with Crippen molar-refractivity contribution in [2.45, 2.75) is 26.0 Å². The molecule has 0 unspecified atom stereocenters. The van der Waals surface area contributed by atoms with E-state index < -0.39 is 18.0 Å². The zero-order valence-corrected chi connectivity index (χ0v) is 11.3. The summed E-state index contributed by atoms with van der Waals surface area (Å²) in [6.45, 7) is 1.55. The number of amides is 2. The summed E-state index contributed by atoms with van der Waals surface area (Å²) in [6.07, 6.45) is -1.03. The van der Waals surface area contributed by atoms with Crippen LogP contribution in [0.1, 0.15) is 18.9 Å². The van der Waals surface area contributed by atoms with E-state index in [9.17, 15) is 14.4 Å². The van der Waals surface area contributed by atoms with Crippen LogP contribution in [0, 0.1) is 0 Å². The van der Waals surface area contributed by atoms with Gasteiger partial charge in [0.2, 0.25) is 5.91 Å². The van der Waals surface area contributed by atoms with Gasteiger partial charge in [-0.25, -0.2) is 9.69 Å². The molecular formula is C14H15NO5. The topological polar surface area (TPSA) is 72.9 Å². The summed E-state index contributed by atoms with van der Waals surface area (Å²) in [5, 5.41) is 0. The number of likely N-dealkylation sites (tertiary alicyclic amines) is 1. The van der Waals surface area contributed by atoms with Crippen molar-refractivity contribution in [3.8, 4) is 5.75 Å². The summed E-state index contributed by atoms with van der Waals surface area (Å²) >= 11 is 0. The van der Waals surface area contributed by atoms with E-state index in [0.29, 0.717) is 5.75 Å². The quantitative estimate of drug-likeness (QED) is 0.783. The third-order valence-electron chi connectivity index (χ3n) is 3.17. The third kappa shape index (κ3) is 2.79. The lowest BCUT2D eigenvalue weighted by Crippen LogP contribution is -2.39. The highest BCUT2D eigenvalue weighted by molar-refractivity contribution is 6.13. The van der Waals surface area contributed by atoms with Gasteiger partial charge in [0.25, 0.3) is 0 Å². The van der Waals surface area contributed by atoms with Gasteiger partial charge < -0.3 is 9.47 Å². The van der Waals surface area contributed by atoms with Crippen molar-refractivity contribution in [3.63, 3.8) is 0 Å². The lowest BCUT2D eigenvalue weighted by Gasteiger charge is -2.17. The molecule has 0 spiro atoms. The van der Waals surface area contributed by atoms with Crippen LogP contribution in [0.3, 0.4) is 0 Å². The molecule has 1 aromatic rings. The monoisotopic (exact) mass is 277 g/mol. The van der Waals surface area contributed by atoms with Gasteiger partial charge in [-0.15, -0.1) is 0 Å². The van der Waals surface area contributed by atoms with E-state index in [1.165, 1.54) is 6.92 Å². The van der Waals surface area contributed by atoms with Crippen molar-refractivity contribution in [1.82, 2.24) is 4.90 Å². The summed E-state index contributed by atoms with van der Waals surface area (Å²) in [6, 6.07) is 6.26. The van der Waals surface area contributed by atoms with Crippen LogP contribution in [-0.4, -0.2) is 35.8 Å². The van der Waals surface area contributed by atoms with Crippen molar-refractivity contribution >= 4 is 17.8 Å². The predicted octanol–water partition coefficient (Wildman–Crippen LogP) is 1.52. The first kappa shape index (κ1) is 14.0. The molecule has 0 radical (unpaired) electrons. The first-order chi connectivity index (χ1) is 9.52. The largest absolute Gasteiger partial charge is 0.497 e. The molecule has 2 rings (SSSR count). The number of hydrogen-bond donors (Lipinski definition) is 0. The van der Waals surface area contributed by atoms with Gasteiger partial charge in [0.15, 0.2) is 5.78 Å². The van der Waals surface area contributed by atoms with Gasteiger partial charge in [0, 0.05) is 0 Å². The Hall–Kier alpha value is -2.37. The predicted molar refractivity (Wildman–Crippen MR) is 69.1 cm³/mol. The number of benzene rings is 1. The average Bonchev–Trinajstić information content (AvgIpc) is 2.70. The number of ether oxygens (including phenoxy) is 2. The lowest BCUT2D eigenvalue weighted by molar-refractivity contribution is -0.127. The van der Waals surface area contributed by atoms with Crippen LogP contribution in [0.2, 0.25) is 0 Å². The molecule has 0 aliphatic carbocycles. The highest BCUT2D eigenvalue weighted by Crippen LogP contribution is 2.17. The summed E-state index contributed by atoms with van der Waals surface area (Å²) in [7, 11) is 1.56. The minimum atomic E-state index is -0.788. The Morgan fingerprint density at radius 2 is 1.95 bits per heavy atom. The SMILES string of the molecule is COc1ccc(COC(=O)N2C(=O)CC(=O)[C@@H]2C)cc1. The van der Waals surface area contributed by atoms with Crippen LogP contribution in [0.5, 0.6) is 5.75 Å². The maximum absolute atomic E-state index is 11.8. The smallest absolute Gasteiger partial charge is 0.417 e. The first-order valence-electron chi connectivity index (χ1n) is 6.17. The van der Waals surface area contributed by atoms with Crippen molar-refractivity contribution in [1.29, 1.82) is 0 Å². The fraction of sp³-hybridized carbons (Fsp3) is 0.357. The molecule has 1 heterocycles. The molecule has 1 saturated heterocycles. The van der Waals surface area contributed by atoms with E-state index >= 15 is 0 Å². The third-order valence-corrected chi connectivity index (χ3v) is 3.17. The number of methoxy groups -OCH3 is 1. The van der Waals surface area contributed by atoms with E-state index in [-0.39, 0.29) is 18.8 Å². The van der Waals surface area contributed by atoms with Crippen molar-refractivity contribution in [2.24, 2.45) is 0 Å². The summed E-state index contributed by atoms with van der Waals surface area (Å²) in [5.41, 5.74) is 0.768. The van der Waals surface area contributed by atoms with Crippen LogP contribution in [0.4, 0.5) is 4.79 Å². The van der Waals surface area contributed by atoms with Crippen molar-refractivity contribution < 1.29 is 23.9 Å². The normalized spacial score (nSPS) is 18.3. The fourth-order valence-electron chi connectivity index (χ4n) is 1.94. The molecule has 1 atom stereocenters. The molecule has 0 aromatic heterocycles. The van der Waals surface area contributed by atoms with Gasteiger partial charge in [-0.05, 0) is 24.6 Å². The molecule has 2 amide bonds. The molecule has 1 fully saturated rings. The second-order valence-corrected chi connectivity index (χ2v) is 4.49. The van der Waals surface area contributed by atoms with Crippen LogP contribution in [0.15, 0.2) is 24.3 Å². The number of ketones is 1. The average molecular weight is 277 g/mol. The van der Waals surface area contributed by atoms with Gasteiger partial charge in [-0.3, -0.25) is 9.59 Å². The summed E-state index contributed by atoms with van der Waals surface area (Å²) in [5.74, 6) is -0.0763. The number of hydrogen-bond acceptors (Lipinski definition) is 5. The van der Waals surface area contributed by atoms with Gasteiger partial charge in [-0.2, -0.15) is 0 Å².